The summed E-state index contributed by atoms with van der Waals surface area (Å²) in [5, 5.41) is 3.81. The number of anilines is 1. The first kappa shape index (κ1) is 22.3. The van der Waals surface area contributed by atoms with E-state index >= 15 is 0 Å². The van der Waals surface area contributed by atoms with E-state index in [9.17, 15) is 14.4 Å². The molecule has 9 heteroatoms. The number of aryl methyl sites for hydroxylation is 1. The van der Waals surface area contributed by atoms with Crippen LogP contribution in [0.2, 0.25) is 10.0 Å². The Morgan fingerprint density at radius 2 is 1.84 bits per heavy atom. The molecule has 4 rings (SSSR count). The molecule has 1 atom stereocenters. The quantitative estimate of drug-likeness (QED) is 0.558. The third-order valence-corrected chi connectivity index (χ3v) is 5.77. The van der Waals surface area contributed by atoms with Gasteiger partial charge in [-0.3, -0.25) is 14.2 Å². The van der Waals surface area contributed by atoms with Crippen molar-refractivity contribution in [2.75, 3.05) is 5.32 Å². The third-order valence-electron chi connectivity index (χ3n) is 5.34. The second-order valence-corrected chi connectivity index (χ2v) is 8.60. The maximum Gasteiger partial charge on any atom is 0.338 e. The van der Waals surface area contributed by atoms with E-state index in [1.807, 2.05) is 0 Å². The molecule has 1 aliphatic heterocycles. The van der Waals surface area contributed by atoms with E-state index in [4.69, 9.17) is 27.9 Å². The van der Waals surface area contributed by atoms with Crippen LogP contribution < -0.4 is 10.9 Å². The molecule has 0 bridgehead atoms. The van der Waals surface area contributed by atoms with Gasteiger partial charge in [-0.25, -0.2) is 9.78 Å². The van der Waals surface area contributed by atoms with Crippen molar-refractivity contribution in [1.29, 1.82) is 0 Å². The summed E-state index contributed by atoms with van der Waals surface area (Å²) in [4.78, 5) is 42.5. The Morgan fingerprint density at radius 1 is 1.09 bits per heavy atom. The van der Waals surface area contributed by atoms with Crippen LogP contribution in [0, 0.1) is 0 Å². The van der Waals surface area contributed by atoms with Gasteiger partial charge in [0.2, 0.25) is 0 Å². The molecule has 0 spiro atoms. The smallest absolute Gasteiger partial charge is 0.338 e. The fourth-order valence-corrected chi connectivity index (χ4v) is 4.22. The highest BCUT2D eigenvalue weighted by Crippen LogP contribution is 2.23. The van der Waals surface area contributed by atoms with Crippen LogP contribution in [-0.2, 0) is 22.5 Å². The van der Waals surface area contributed by atoms with Gasteiger partial charge in [-0.05, 0) is 56.2 Å². The van der Waals surface area contributed by atoms with Crippen LogP contribution >= 0.6 is 23.2 Å². The van der Waals surface area contributed by atoms with Gasteiger partial charge in [-0.15, -0.1) is 0 Å². The fraction of sp³-hybridized carbons (Fsp3) is 0.304. The number of halogens is 2. The third kappa shape index (κ3) is 4.79. The first-order valence-electron chi connectivity index (χ1n) is 10.3. The molecule has 166 valence electrons. The molecule has 1 amide bonds. The molecule has 0 saturated heterocycles. The van der Waals surface area contributed by atoms with Gasteiger partial charge in [-0.1, -0.05) is 29.6 Å². The molecule has 2 aromatic carbocycles. The van der Waals surface area contributed by atoms with Crippen LogP contribution in [0.15, 0.2) is 41.2 Å². The van der Waals surface area contributed by atoms with Crippen LogP contribution in [-0.4, -0.2) is 27.5 Å². The van der Waals surface area contributed by atoms with Gasteiger partial charge in [0.05, 0.1) is 16.5 Å². The summed E-state index contributed by atoms with van der Waals surface area (Å²) in [6.07, 6.45) is 2.64. The molecule has 3 aromatic rings. The lowest BCUT2D eigenvalue weighted by atomic mass is 10.1. The number of nitrogens with zero attached hydrogens (tertiary/aromatic N) is 2. The van der Waals surface area contributed by atoms with Gasteiger partial charge in [0.1, 0.15) is 5.82 Å². The first-order chi connectivity index (χ1) is 15.3. The molecule has 1 N–H and O–H groups in total. The lowest BCUT2D eigenvalue weighted by molar-refractivity contribution is -0.123. The minimum atomic E-state index is -1.07. The normalized spacial score (nSPS) is 14.3. The number of amides is 1. The van der Waals surface area contributed by atoms with Gasteiger partial charge in [-0.2, -0.15) is 0 Å². The van der Waals surface area contributed by atoms with E-state index in [0.717, 1.165) is 31.5 Å². The van der Waals surface area contributed by atoms with Crippen LogP contribution in [0.25, 0.3) is 10.9 Å². The van der Waals surface area contributed by atoms with E-state index in [-0.39, 0.29) is 11.1 Å². The van der Waals surface area contributed by atoms with Gasteiger partial charge >= 0.3 is 5.97 Å². The summed E-state index contributed by atoms with van der Waals surface area (Å²) in [6.45, 7) is 2.12. The monoisotopic (exact) mass is 473 g/mol. The summed E-state index contributed by atoms with van der Waals surface area (Å²) < 4.78 is 7.04. The summed E-state index contributed by atoms with van der Waals surface area (Å²) in [5.41, 5.74) is 0.961. The molecule has 1 aliphatic rings. The van der Waals surface area contributed by atoms with Gasteiger partial charge < -0.3 is 10.1 Å². The van der Waals surface area contributed by atoms with E-state index in [0.29, 0.717) is 33.2 Å². The van der Waals surface area contributed by atoms with Crippen molar-refractivity contribution in [1.82, 2.24) is 9.55 Å². The Morgan fingerprint density at radius 3 is 2.59 bits per heavy atom. The molecular formula is C23H21Cl2N3O4. The Hall–Kier alpha value is -2.90. The zero-order chi connectivity index (χ0) is 22.8. The maximum atomic E-state index is 12.8. The largest absolute Gasteiger partial charge is 0.449 e. The minimum absolute atomic E-state index is 0.0975. The summed E-state index contributed by atoms with van der Waals surface area (Å²) in [6, 6.07) is 9.25. The van der Waals surface area contributed by atoms with E-state index in [2.05, 4.69) is 10.3 Å². The average molecular weight is 474 g/mol. The number of carbonyl (C=O) groups excluding carboxylic acids is 2. The number of benzene rings is 2. The van der Waals surface area contributed by atoms with Crippen LogP contribution in [0.4, 0.5) is 5.69 Å². The predicted octanol–water partition coefficient (Wildman–Crippen LogP) is 4.61. The Labute approximate surface area is 194 Å². The number of nitrogens with one attached hydrogen (secondary N) is 1. The highest BCUT2D eigenvalue weighted by molar-refractivity contribution is 6.35. The minimum Gasteiger partial charge on any atom is -0.449 e. The van der Waals surface area contributed by atoms with Crippen molar-refractivity contribution in [2.45, 2.75) is 45.3 Å². The van der Waals surface area contributed by atoms with Crippen LogP contribution in [0.5, 0.6) is 0 Å². The predicted molar refractivity (Wildman–Crippen MR) is 124 cm³/mol. The maximum absolute atomic E-state index is 12.8. The molecule has 7 nitrogen and oxygen atoms in total. The number of ether oxygens (including phenoxy) is 1. The molecule has 32 heavy (non-hydrogen) atoms. The second-order valence-electron chi connectivity index (χ2n) is 7.72. The average Bonchev–Trinajstić information content (AvgIpc) is 2.98. The SMILES string of the molecule is C[C@@H](OC(=O)c1ccc2c(=O)n3c(nc2c1)CCCCC3)C(=O)Nc1cc(Cl)cc(Cl)c1. The Balaban J connectivity index is 1.51. The number of rotatable bonds is 4. The fourth-order valence-electron chi connectivity index (χ4n) is 3.70. The van der Waals surface area contributed by atoms with Crippen LogP contribution in [0.3, 0.4) is 0 Å². The van der Waals surface area contributed by atoms with Crippen LogP contribution in [0.1, 0.15) is 42.4 Å². The van der Waals surface area contributed by atoms with Crippen molar-refractivity contribution in [3.63, 3.8) is 0 Å². The molecule has 1 aromatic heterocycles. The molecular weight excluding hydrogens is 453 g/mol. The number of hydrogen-bond acceptors (Lipinski definition) is 5. The van der Waals surface area contributed by atoms with Gasteiger partial charge in [0.25, 0.3) is 11.5 Å². The van der Waals surface area contributed by atoms with E-state index in [1.54, 1.807) is 16.7 Å². The number of hydrogen-bond donors (Lipinski definition) is 1. The highest BCUT2D eigenvalue weighted by Gasteiger charge is 2.21. The highest BCUT2D eigenvalue weighted by atomic mass is 35.5. The number of carbonyl (C=O) groups is 2. The number of fused-ring (bicyclic) bond motifs is 2. The standard InChI is InChI=1S/C23H21Cl2N3O4/c1-13(21(29)26-17-11-15(24)10-16(25)12-17)32-23(31)14-6-7-18-19(9-14)27-20-5-3-2-4-8-28(20)22(18)30/h6-7,9-13H,2-5,8H2,1H3,(H,26,29)/t13-/m1/s1. The molecule has 0 fully saturated rings. The molecule has 0 aliphatic carbocycles. The zero-order valence-corrected chi connectivity index (χ0v) is 18.9. The molecule has 2 heterocycles. The number of aromatic nitrogens is 2. The summed E-state index contributed by atoms with van der Waals surface area (Å²) >= 11 is 11.9. The van der Waals surface area contributed by atoms with E-state index in [1.165, 1.54) is 31.2 Å². The van der Waals surface area contributed by atoms with Crippen molar-refractivity contribution in [3.8, 4) is 0 Å². The van der Waals surface area contributed by atoms with Gasteiger partial charge in [0, 0.05) is 28.7 Å². The Kier molecular flexibility index (Phi) is 6.48. The van der Waals surface area contributed by atoms with Crippen molar-refractivity contribution >= 4 is 51.7 Å². The first-order valence-corrected chi connectivity index (χ1v) is 11.1. The van der Waals surface area contributed by atoms with Gasteiger partial charge in [0.15, 0.2) is 6.10 Å². The lowest BCUT2D eigenvalue weighted by Gasteiger charge is -2.14. The zero-order valence-electron chi connectivity index (χ0n) is 17.4. The Bertz CT molecular complexity index is 1250. The van der Waals surface area contributed by atoms with Crippen molar-refractivity contribution in [2.24, 2.45) is 0 Å². The van der Waals surface area contributed by atoms with Crippen molar-refractivity contribution in [3.05, 3.63) is 68.2 Å². The summed E-state index contributed by atoms with van der Waals surface area (Å²) in [5.74, 6) is -0.479. The van der Waals surface area contributed by atoms with Crippen molar-refractivity contribution < 1.29 is 14.3 Å². The van der Waals surface area contributed by atoms with E-state index < -0.39 is 18.0 Å². The second kappa shape index (κ2) is 9.30. The lowest BCUT2D eigenvalue weighted by Crippen LogP contribution is -2.30. The molecule has 0 unspecified atom stereocenters. The molecule has 0 saturated carbocycles. The molecule has 0 radical (unpaired) electrons. The number of esters is 1. The summed E-state index contributed by atoms with van der Waals surface area (Å²) in [7, 11) is 0. The topological polar surface area (TPSA) is 90.3 Å².